The molecule has 2 N–H and O–H groups in total. The molecule has 0 saturated heterocycles. The smallest absolute Gasteiger partial charge is 0.191 e. The molecule has 1 fully saturated rings. The number of anilines is 2. The first kappa shape index (κ1) is 12.3. The maximum Gasteiger partial charge on any atom is 0.191 e. The summed E-state index contributed by atoms with van der Waals surface area (Å²) in [6.07, 6.45) is 6.03. The van der Waals surface area contributed by atoms with Crippen LogP contribution in [-0.4, -0.2) is 22.3 Å². The number of hydrogen-bond donors (Lipinski definition) is 1. The fourth-order valence-electron chi connectivity index (χ4n) is 2.02. The van der Waals surface area contributed by atoms with Crippen LogP contribution in [0.5, 0.6) is 0 Å². The van der Waals surface area contributed by atoms with Gasteiger partial charge < -0.3 is 15.1 Å². The third-order valence-electron chi connectivity index (χ3n) is 3.08. The molecule has 2 aromatic heterocycles. The van der Waals surface area contributed by atoms with E-state index in [1.54, 1.807) is 6.26 Å². The highest BCUT2D eigenvalue weighted by Gasteiger charge is 2.31. The van der Waals surface area contributed by atoms with Crippen molar-refractivity contribution in [2.45, 2.75) is 30.6 Å². The van der Waals surface area contributed by atoms with Gasteiger partial charge in [0.05, 0.1) is 12.8 Å². The molecule has 0 aromatic carbocycles. The van der Waals surface area contributed by atoms with Crippen molar-refractivity contribution in [1.29, 1.82) is 0 Å². The van der Waals surface area contributed by atoms with Gasteiger partial charge in [-0.2, -0.15) is 0 Å². The second-order valence-corrected chi connectivity index (χ2v) is 5.35. The summed E-state index contributed by atoms with van der Waals surface area (Å²) >= 11 is 1.50. The Morgan fingerprint density at radius 1 is 1.47 bits per heavy atom. The summed E-state index contributed by atoms with van der Waals surface area (Å²) in [6, 6.07) is 6.26. The summed E-state index contributed by atoms with van der Waals surface area (Å²) in [4.78, 5) is 11.0. The lowest BCUT2D eigenvalue weighted by molar-refractivity contribution is 0.500. The predicted octanol–water partition coefficient (Wildman–Crippen LogP) is 2.54. The minimum atomic E-state index is 0.513. The second kappa shape index (κ2) is 5.13. The van der Waals surface area contributed by atoms with E-state index in [4.69, 9.17) is 10.2 Å². The van der Waals surface area contributed by atoms with Crippen LogP contribution in [0.15, 0.2) is 34.0 Å². The number of rotatable bonds is 5. The molecule has 6 heteroatoms. The lowest BCUT2D eigenvalue weighted by Crippen LogP contribution is -2.26. The summed E-state index contributed by atoms with van der Waals surface area (Å²) in [7, 11) is 0. The Morgan fingerprint density at radius 3 is 2.95 bits per heavy atom. The highest BCUT2D eigenvalue weighted by molar-refractivity contribution is 7.98. The van der Waals surface area contributed by atoms with Crippen LogP contribution in [0.25, 0.3) is 0 Å². The van der Waals surface area contributed by atoms with E-state index in [1.807, 2.05) is 24.5 Å². The van der Waals surface area contributed by atoms with Crippen molar-refractivity contribution in [3.05, 3.63) is 30.2 Å². The van der Waals surface area contributed by atoms with E-state index in [0.717, 1.165) is 18.1 Å². The van der Waals surface area contributed by atoms with Crippen molar-refractivity contribution < 1.29 is 4.42 Å². The standard InChI is InChI=1S/C13H16N4OS/c1-19-13-15-11(14)7-12(16-13)17(9-4-5-9)8-10-3-2-6-18-10/h2-3,6-7,9H,4-5,8H2,1H3,(H2,14,15,16). The van der Waals surface area contributed by atoms with E-state index in [0.29, 0.717) is 17.0 Å². The first-order valence-electron chi connectivity index (χ1n) is 6.24. The average Bonchev–Trinajstić information content (AvgIpc) is 3.12. The summed E-state index contributed by atoms with van der Waals surface area (Å²) in [5.41, 5.74) is 5.85. The van der Waals surface area contributed by atoms with Crippen LogP contribution in [-0.2, 0) is 6.54 Å². The van der Waals surface area contributed by atoms with Gasteiger partial charge in [-0.25, -0.2) is 9.97 Å². The van der Waals surface area contributed by atoms with Crippen molar-refractivity contribution in [3.8, 4) is 0 Å². The Kier molecular flexibility index (Phi) is 3.33. The Hall–Kier alpha value is -1.69. The molecule has 1 aliphatic rings. The van der Waals surface area contributed by atoms with Gasteiger partial charge in [0.15, 0.2) is 5.16 Å². The lowest BCUT2D eigenvalue weighted by Gasteiger charge is -2.22. The second-order valence-electron chi connectivity index (χ2n) is 4.58. The van der Waals surface area contributed by atoms with Crippen LogP contribution in [0.4, 0.5) is 11.6 Å². The SMILES string of the molecule is CSc1nc(N)cc(N(Cc2ccco2)C2CC2)n1. The monoisotopic (exact) mass is 276 g/mol. The van der Waals surface area contributed by atoms with Gasteiger partial charge in [-0.3, -0.25) is 0 Å². The number of aromatic nitrogens is 2. The van der Waals surface area contributed by atoms with E-state index in [9.17, 15) is 0 Å². The molecule has 100 valence electrons. The van der Waals surface area contributed by atoms with Crippen molar-refractivity contribution in [2.75, 3.05) is 16.9 Å². The van der Waals surface area contributed by atoms with Gasteiger partial charge in [0.2, 0.25) is 0 Å². The van der Waals surface area contributed by atoms with Gasteiger partial charge in [0.1, 0.15) is 17.4 Å². The quantitative estimate of drug-likeness (QED) is 0.668. The minimum Gasteiger partial charge on any atom is -0.467 e. The molecule has 5 nitrogen and oxygen atoms in total. The fraction of sp³-hybridized carbons (Fsp3) is 0.385. The normalized spacial score (nSPS) is 14.6. The van der Waals surface area contributed by atoms with Crippen LogP contribution in [0.1, 0.15) is 18.6 Å². The van der Waals surface area contributed by atoms with Gasteiger partial charge in [-0.15, -0.1) is 0 Å². The first-order chi connectivity index (χ1) is 9.26. The highest BCUT2D eigenvalue weighted by atomic mass is 32.2. The van der Waals surface area contributed by atoms with Crippen LogP contribution >= 0.6 is 11.8 Å². The lowest BCUT2D eigenvalue weighted by atomic mass is 10.3. The number of nitrogens with zero attached hydrogens (tertiary/aromatic N) is 3. The Balaban J connectivity index is 1.89. The fourth-order valence-corrected chi connectivity index (χ4v) is 2.40. The maximum atomic E-state index is 5.85. The van der Waals surface area contributed by atoms with Gasteiger partial charge in [-0.1, -0.05) is 11.8 Å². The zero-order chi connectivity index (χ0) is 13.2. The zero-order valence-corrected chi connectivity index (χ0v) is 11.6. The third kappa shape index (κ3) is 2.84. The number of nitrogens with two attached hydrogens (primary N) is 1. The van der Waals surface area contributed by atoms with Gasteiger partial charge in [-0.05, 0) is 31.2 Å². The Labute approximate surface area is 116 Å². The van der Waals surface area contributed by atoms with Gasteiger partial charge in [0.25, 0.3) is 0 Å². The predicted molar refractivity (Wildman–Crippen MR) is 76.1 cm³/mol. The van der Waals surface area contributed by atoms with Gasteiger partial charge in [0, 0.05) is 12.1 Å². The average molecular weight is 276 g/mol. The van der Waals surface area contributed by atoms with E-state index in [-0.39, 0.29) is 0 Å². The van der Waals surface area contributed by atoms with Crippen LogP contribution in [0.3, 0.4) is 0 Å². The van der Waals surface area contributed by atoms with Crippen molar-refractivity contribution in [2.24, 2.45) is 0 Å². The van der Waals surface area contributed by atoms with Crippen LogP contribution in [0, 0.1) is 0 Å². The molecule has 0 bridgehead atoms. The number of nitrogen functional groups attached to an aromatic ring is 1. The Morgan fingerprint density at radius 2 is 2.32 bits per heavy atom. The summed E-state index contributed by atoms with van der Waals surface area (Å²) in [6.45, 7) is 0.724. The highest BCUT2D eigenvalue weighted by Crippen LogP contribution is 2.33. The maximum absolute atomic E-state index is 5.85. The summed E-state index contributed by atoms with van der Waals surface area (Å²) in [5.74, 6) is 2.34. The zero-order valence-electron chi connectivity index (χ0n) is 10.7. The Bertz CT molecular complexity index is 554. The topological polar surface area (TPSA) is 68.2 Å². The number of furan rings is 1. The van der Waals surface area contributed by atoms with E-state index in [1.165, 1.54) is 24.6 Å². The first-order valence-corrected chi connectivity index (χ1v) is 7.46. The molecule has 2 aromatic rings. The molecule has 0 radical (unpaired) electrons. The van der Waals surface area contributed by atoms with Crippen molar-refractivity contribution in [3.63, 3.8) is 0 Å². The van der Waals surface area contributed by atoms with Crippen LogP contribution < -0.4 is 10.6 Å². The molecule has 1 saturated carbocycles. The number of hydrogen-bond acceptors (Lipinski definition) is 6. The minimum absolute atomic E-state index is 0.513. The largest absolute Gasteiger partial charge is 0.467 e. The van der Waals surface area contributed by atoms with E-state index >= 15 is 0 Å². The molecule has 2 heterocycles. The van der Waals surface area contributed by atoms with Crippen molar-refractivity contribution >= 4 is 23.4 Å². The van der Waals surface area contributed by atoms with Gasteiger partial charge >= 0.3 is 0 Å². The molecule has 0 unspecified atom stereocenters. The van der Waals surface area contributed by atoms with E-state index < -0.39 is 0 Å². The molecule has 0 amide bonds. The summed E-state index contributed by atoms with van der Waals surface area (Å²) < 4.78 is 5.43. The molecular weight excluding hydrogens is 260 g/mol. The molecule has 3 rings (SSSR count). The molecule has 0 spiro atoms. The molecule has 19 heavy (non-hydrogen) atoms. The molecular formula is C13H16N4OS. The summed E-state index contributed by atoms with van der Waals surface area (Å²) in [5, 5.41) is 0.708. The molecule has 0 aliphatic heterocycles. The van der Waals surface area contributed by atoms with Crippen LogP contribution in [0.2, 0.25) is 0 Å². The van der Waals surface area contributed by atoms with E-state index in [2.05, 4.69) is 14.9 Å². The number of thioether (sulfide) groups is 1. The van der Waals surface area contributed by atoms with Crippen molar-refractivity contribution in [1.82, 2.24) is 9.97 Å². The molecule has 1 aliphatic carbocycles. The molecule has 0 atom stereocenters. The third-order valence-corrected chi connectivity index (χ3v) is 3.63.